The van der Waals surface area contributed by atoms with Crippen LogP contribution in [0.1, 0.15) is 65.7 Å². The predicted octanol–water partition coefficient (Wildman–Crippen LogP) is 6.55. The zero-order valence-electron chi connectivity index (χ0n) is 17.0. The van der Waals surface area contributed by atoms with Crippen LogP contribution in [0.2, 0.25) is 5.82 Å². The fourth-order valence-electron chi connectivity index (χ4n) is 5.59. The predicted molar refractivity (Wildman–Crippen MR) is 115 cm³/mol. The van der Waals surface area contributed by atoms with Gasteiger partial charge in [0.2, 0.25) is 0 Å². The van der Waals surface area contributed by atoms with Crippen molar-refractivity contribution in [3.8, 4) is 0 Å². The van der Waals surface area contributed by atoms with Crippen LogP contribution in [0.4, 0.5) is 0 Å². The second-order valence-corrected chi connectivity index (χ2v) is 13.6. The van der Waals surface area contributed by atoms with E-state index in [-0.39, 0.29) is 0 Å². The first-order valence-corrected chi connectivity index (χ1v) is 13.1. The highest BCUT2D eigenvalue weighted by Crippen LogP contribution is 2.73. The maximum absolute atomic E-state index is 6.51. The molecule has 0 amide bonds. The molecule has 4 atom stereocenters. The van der Waals surface area contributed by atoms with Crippen molar-refractivity contribution in [2.75, 3.05) is 18.3 Å². The molecule has 2 heteroatoms. The van der Waals surface area contributed by atoms with E-state index in [4.69, 9.17) is 7.85 Å². The van der Waals surface area contributed by atoms with Crippen molar-refractivity contribution in [1.82, 2.24) is 0 Å². The highest BCUT2D eigenvalue weighted by Gasteiger charge is 2.61. The summed E-state index contributed by atoms with van der Waals surface area (Å²) in [6, 6.07) is 0. The third-order valence-electron chi connectivity index (χ3n) is 7.59. The molecule has 4 aliphatic carbocycles. The first-order valence-electron chi connectivity index (χ1n) is 10.4. The second-order valence-electron chi connectivity index (χ2n) is 9.74. The quantitative estimate of drug-likeness (QED) is 0.342. The Bertz CT molecular complexity index is 680. The van der Waals surface area contributed by atoms with Gasteiger partial charge in [0.15, 0.2) is 0 Å². The van der Waals surface area contributed by atoms with Gasteiger partial charge in [-0.05, 0) is 89.9 Å². The maximum Gasteiger partial charge on any atom is 0.0767 e. The monoisotopic (exact) mass is 354 g/mol. The summed E-state index contributed by atoms with van der Waals surface area (Å²) >= 11 is 0. The SMILES string of the molecule is [B]C1/C(=C/S(C)(C)CCC2=C3C(=C2C)C3CCCCC)CC12CC2C. The Kier molecular flexibility index (Phi) is 4.38. The zero-order valence-corrected chi connectivity index (χ0v) is 17.8. The summed E-state index contributed by atoms with van der Waals surface area (Å²) in [5, 5.41) is 2.61. The fraction of sp³-hybridized carbons (Fsp3) is 0.739. The van der Waals surface area contributed by atoms with E-state index in [1.807, 2.05) is 0 Å². The van der Waals surface area contributed by atoms with Crippen LogP contribution in [0.15, 0.2) is 33.3 Å². The molecule has 4 unspecified atom stereocenters. The lowest BCUT2D eigenvalue weighted by molar-refractivity contribution is 0.362. The van der Waals surface area contributed by atoms with Crippen LogP contribution in [0.25, 0.3) is 0 Å². The smallest absolute Gasteiger partial charge is 0.0767 e. The molecule has 0 aromatic rings. The summed E-state index contributed by atoms with van der Waals surface area (Å²) < 4.78 is 0. The number of fused-ring (bicyclic) bond motifs is 1. The number of allylic oxidation sites excluding steroid dienone is 5. The molecular weight excluding hydrogens is 319 g/mol. The van der Waals surface area contributed by atoms with Crippen molar-refractivity contribution >= 4 is 17.9 Å². The van der Waals surface area contributed by atoms with Gasteiger partial charge in [-0.1, -0.05) is 44.5 Å². The number of hydrogen-bond donors (Lipinski definition) is 0. The average Bonchev–Trinajstić information content (AvgIpc) is 3.41. The van der Waals surface area contributed by atoms with Crippen LogP contribution in [0, 0.1) is 17.3 Å². The molecule has 4 aliphatic rings. The number of rotatable bonds is 8. The Balaban J connectivity index is 1.30. The largest absolute Gasteiger partial charge is 0.227 e. The van der Waals surface area contributed by atoms with Gasteiger partial charge in [0, 0.05) is 5.92 Å². The van der Waals surface area contributed by atoms with Crippen LogP contribution in [0.5, 0.6) is 0 Å². The average molecular weight is 354 g/mol. The maximum atomic E-state index is 6.51. The molecule has 136 valence electrons. The van der Waals surface area contributed by atoms with Crippen LogP contribution in [0.3, 0.4) is 0 Å². The Morgan fingerprint density at radius 1 is 1.24 bits per heavy atom. The molecule has 3 saturated carbocycles. The summed E-state index contributed by atoms with van der Waals surface area (Å²) in [6.45, 7) is 7.04. The Morgan fingerprint density at radius 3 is 2.56 bits per heavy atom. The van der Waals surface area contributed by atoms with Crippen molar-refractivity contribution in [3.63, 3.8) is 0 Å². The van der Waals surface area contributed by atoms with Crippen molar-refractivity contribution < 1.29 is 0 Å². The molecule has 0 N–H and O–H groups in total. The second kappa shape index (κ2) is 6.08. The molecular formula is C23H35BS. The van der Waals surface area contributed by atoms with Crippen LogP contribution in [-0.2, 0) is 0 Å². The number of unbranched alkanes of at least 4 members (excludes halogenated alkanes) is 2. The third kappa shape index (κ3) is 2.91. The summed E-state index contributed by atoms with van der Waals surface area (Å²) in [7, 11) is 5.86. The van der Waals surface area contributed by atoms with Crippen molar-refractivity contribution in [2.45, 2.75) is 71.5 Å². The van der Waals surface area contributed by atoms with Crippen molar-refractivity contribution in [2.24, 2.45) is 17.3 Å². The molecule has 0 aromatic carbocycles. The van der Waals surface area contributed by atoms with Gasteiger partial charge in [-0.25, -0.2) is 10.0 Å². The third-order valence-corrected chi connectivity index (χ3v) is 9.79. The normalized spacial score (nSPS) is 38.0. The zero-order chi connectivity index (χ0) is 18.0. The highest BCUT2D eigenvalue weighted by atomic mass is 32.3. The van der Waals surface area contributed by atoms with Crippen LogP contribution in [-0.4, -0.2) is 26.1 Å². The molecule has 4 rings (SSSR count). The van der Waals surface area contributed by atoms with E-state index < -0.39 is 10.0 Å². The molecule has 0 bridgehead atoms. The van der Waals surface area contributed by atoms with Gasteiger partial charge in [-0.2, -0.15) is 0 Å². The van der Waals surface area contributed by atoms with E-state index in [2.05, 4.69) is 38.7 Å². The van der Waals surface area contributed by atoms with Crippen molar-refractivity contribution in [3.05, 3.63) is 33.3 Å². The lowest BCUT2D eigenvalue weighted by Gasteiger charge is -2.43. The van der Waals surface area contributed by atoms with Crippen LogP contribution >= 0.6 is 10.0 Å². The van der Waals surface area contributed by atoms with E-state index >= 15 is 0 Å². The van der Waals surface area contributed by atoms with Crippen LogP contribution < -0.4 is 0 Å². The molecule has 25 heavy (non-hydrogen) atoms. The Morgan fingerprint density at radius 2 is 1.96 bits per heavy atom. The lowest BCUT2D eigenvalue weighted by Crippen LogP contribution is -2.28. The minimum absolute atomic E-state index is 0.375. The fourth-order valence-corrected chi connectivity index (χ4v) is 7.49. The highest BCUT2D eigenvalue weighted by molar-refractivity contribution is 8.35. The summed E-state index contributed by atoms with van der Waals surface area (Å²) in [4.78, 5) is 0. The molecule has 2 radical (unpaired) electrons. The van der Waals surface area contributed by atoms with E-state index in [0.717, 1.165) is 11.8 Å². The molecule has 1 spiro atoms. The van der Waals surface area contributed by atoms with E-state index in [1.54, 1.807) is 27.9 Å². The van der Waals surface area contributed by atoms with Gasteiger partial charge in [-0.15, -0.1) is 0 Å². The topological polar surface area (TPSA) is 0 Å². The summed E-state index contributed by atoms with van der Waals surface area (Å²) in [5.74, 6) is 3.45. The van der Waals surface area contributed by atoms with E-state index in [1.165, 1.54) is 50.7 Å². The first kappa shape index (κ1) is 18.0. The lowest BCUT2D eigenvalue weighted by atomic mass is 9.56. The molecule has 0 aromatic heterocycles. The molecule has 0 heterocycles. The van der Waals surface area contributed by atoms with Gasteiger partial charge in [0.25, 0.3) is 0 Å². The molecule has 0 nitrogen and oxygen atoms in total. The summed E-state index contributed by atoms with van der Waals surface area (Å²) in [5.41, 5.74) is 9.03. The number of hydrogen-bond acceptors (Lipinski definition) is 0. The van der Waals surface area contributed by atoms with Crippen molar-refractivity contribution in [1.29, 1.82) is 0 Å². The first-order chi connectivity index (χ1) is 11.8. The Hall–Kier alpha value is -0.365. The standard InChI is InChI=1S/C23H35BS/c1-6-7-8-9-19-20-16(3)18(21(19)20)10-11-25(4,5)14-17-13-23(22(17)24)12-15(23)2/h14-15,19,22H,6-13H2,1-5H3/b17-14+. The summed E-state index contributed by atoms with van der Waals surface area (Å²) in [6.07, 6.45) is 14.5. The minimum atomic E-state index is -0.651. The van der Waals surface area contributed by atoms with Gasteiger partial charge in [-0.3, -0.25) is 0 Å². The molecule has 0 aliphatic heterocycles. The van der Waals surface area contributed by atoms with Gasteiger partial charge >= 0.3 is 0 Å². The van der Waals surface area contributed by atoms with E-state index in [0.29, 0.717) is 11.2 Å². The molecule has 3 fully saturated rings. The van der Waals surface area contributed by atoms with E-state index in [9.17, 15) is 0 Å². The van der Waals surface area contributed by atoms with Gasteiger partial charge < -0.3 is 0 Å². The van der Waals surface area contributed by atoms with Gasteiger partial charge in [0.1, 0.15) is 0 Å². The molecule has 0 saturated heterocycles. The minimum Gasteiger partial charge on any atom is -0.227 e. The Labute approximate surface area is 158 Å². The van der Waals surface area contributed by atoms with Gasteiger partial charge in [0.05, 0.1) is 7.85 Å².